The van der Waals surface area contributed by atoms with Crippen LogP contribution in [0.15, 0.2) is 23.1 Å². The third-order valence-corrected chi connectivity index (χ3v) is 3.30. The maximum Gasteiger partial charge on any atom is 0.284 e. The molecule has 0 aliphatic rings. The summed E-state index contributed by atoms with van der Waals surface area (Å²) in [5, 5.41) is 11.1. The largest absolute Gasteiger partial charge is 0.284 e. The van der Waals surface area contributed by atoms with Gasteiger partial charge in [-0.1, -0.05) is 11.6 Å². The molecule has 0 unspecified atom stereocenters. The summed E-state index contributed by atoms with van der Waals surface area (Å²) >= 11 is 12.6. The highest BCUT2D eigenvalue weighted by atomic mass is 35.5. The van der Waals surface area contributed by atoms with E-state index in [1.165, 1.54) is 17.8 Å². The van der Waals surface area contributed by atoms with Crippen molar-refractivity contribution in [1.29, 1.82) is 0 Å². The number of halogens is 2. The molecular weight excluding hydrogens is 257 g/mol. The van der Waals surface area contributed by atoms with E-state index >= 15 is 0 Å². The van der Waals surface area contributed by atoms with Gasteiger partial charge in [0.25, 0.3) is 5.69 Å². The number of nitro groups is 1. The highest BCUT2D eigenvalue weighted by Crippen LogP contribution is 2.31. The molecule has 82 valence electrons. The minimum atomic E-state index is -0.422. The zero-order valence-corrected chi connectivity index (χ0v) is 10.1. The Morgan fingerprint density at radius 1 is 1.47 bits per heavy atom. The predicted molar refractivity (Wildman–Crippen MR) is 64.2 cm³/mol. The fourth-order valence-corrected chi connectivity index (χ4v) is 2.40. The fraction of sp³-hybridized carbons (Fsp3) is 0.333. The van der Waals surface area contributed by atoms with Crippen LogP contribution in [0.5, 0.6) is 0 Å². The molecule has 3 nitrogen and oxygen atoms in total. The van der Waals surface area contributed by atoms with Crippen LogP contribution in [0.2, 0.25) is 5.02 Å². The van der Waals surface area contributed by atoms with Crippen LogP contribution in [0.25, 0.3) is 0 Å². The second-order valence-electron chi connectivity index (χ2n) is 2.76. The van der Waals surface area contributed by atoms with E-state index in [2.05, 4.69) is 0 Å². The summed E-state index contributed by atoms with van der Waals surface area (Å²) in [6, 6.07) is 4.68. The van der Waals surface area contributed by atoms with E-state index in [0.29, 0.717) is 15.8 Å². The van der Waals surface area contributed by atoms with Crippen molar-refractivity contribution < 1.29 is 4.92 Å². The van der Waals surface area contributed by atoms with Gasteiger partial charge in [-0.3, -0.25) is 10.1 Å². The lowest BCUT2D eigenvalue weighted by Gasteiger charge is -2.02. The molecule has 0 N–H and O–H groups in total. The summed E-state index contributed by atoms with van der Waals surface area (Å²) in [5.41, 5.74) is 0.0575. The number of thioether (sulfide) groups is 1. The lowest BCUT2D eigenvalue weighted by molar-refractivity contribution is -0.387. The van der Waals surface area contributed by atoms with Gasteiger partial charge in [0.05, 0.1) is 9.82 Å². The quantitative estimate of drug-likeness (QED) is 0.266. The Bertz CT molecular complexity index is 360. The van der Waals surface area contributed by atoms with Crippen LogP contribution in [0.4, 0.5) is 5.69 Å². The molecule has 6 heteroatoms. The van der Waals surface area contributed by atoms with Crippen molar-refractivity contribution in [3.63, 3.8) is 0 Å². The lowest BCUT2D eigenvalue weighted by Crippen LogP contribution is -1.91. The Balaban J connectivity index is 2.81. The number of hydrogen-bond donors (Lipinski definition) is 0. The van der Waals surface area contributed by atoms with Crippen molar-refractivity contribution in [2.75, 3.05) is 11.6 Å². The molecule has 0 radical (unpaired) electrons. The zero-order chi connectivity index (χ0) is 11.3. The molecule has 0 aliphatic carbocycles. The predicted octanol–water partition coefficient (Wildman–Crippen LogP) is 3.97. The lowest BCUT2D eigenvalue weighted by atomic mass is 10.3. The van der Waals surface area contributed by atoms with Gasteiger partial charge in [-0.2, -0.15) is 0 Å². The molecule has 1 aromatic rings. The molecule has 0 bridgehead atoms. The summed E-state index contributed by atoms with van der Waals surface area (Å²) in [4.78, 5) is 10.9. The molecule has 15 heavy (non-hydrogen) atoms. The number of rotatable bonds is 5. The Morgan fingerprint density at radius 3 is 2.80 bits per heavy atom. The first-order valence-electron chi connectivity index (χ1n) is 4.28. The number of nitro benzene ring substituents is 1. The first-order valence-corrected chi connectivity index (χ1v) is 6.17. The second kappa shape index (κ2) is 6.20. The second-order valence-corrected chi connectivity index (χ2v) is 4.71. The average Bonchev–Trinajstić information content (AvgIpc) is 2.20. The van der Waals surface area contributed by atoms with E-state index in [-0.39, 0.29) is 5.69 Å². The van der Waals surface area contributed by atoms with Gasteiger partial charge in [0.2, 0.25) is 0 Å². The van der Waals surface area contributed by atoms with E-state index in [1.54, 1.807) is 12.1 Å². The molecule has 0 amide bonds. The topological polar surface area (TPSA) is 43.1 Å². The van der Waals surface area contributed by atoms with Crippen LogP contribution < -0.4 is 0 Å². The van der Waals surface area contributed by atoms with Gasteiger partial charge in [-0.15, -0.1) is 23.4 Å². The molecule has 0 heterocycles. The van der Waals surface area contributed by atoms with Gasteiger partial charge >= 0.3 is 0 Å². The molecule has 0 aromatic heterocycles. The highest BCUT2D eigenvalue weighted by Gasteiger charge is 2.14. The van der Waals surface area contributed by atoms with Gasteiger partial charge in [0, 0.05) is 17.0 Å². The first-order chi connectivity index (χ1) is 7.15. The normalized spacial score (nSPS) is 10.3. The van der Waals surface area contributed by atoms with Crippen LogP contribution in [0.3, 0.4) is 0 Å². The zero-order valence-electron chi connectivity index (χ0n) is 7.78. The van der Waals surface area contributed by atoms with Crippen molar-refractivity contribution in [2.45, 2.75) is 11.3 Å². The Morgan fingerprint density at radius 2 is 2.20 bits per heavy atom. The molecule has 0 saturated heterocycles. The first kappa shape index (κ1) is 12.6. The van der Waals surface area contributed by atoms with E-state index in [0.717, 1.165) is 12.2 Å². The summed E-state index contributed by atoms with van der Waals surface area (Å²) in [7, 11) is 0. The summed E-state index contributed by atoms with van der Waals surface area (Å²) in [6.07, 6.45) is 0.825. The Kier molecular flexibility index (Phi) is 5.22. The molecular formula is C9H9Cl2NO2S. The van der Waals surface area contributed by atoms with E-state index in [9.17, 15) is 10.1 Å². The third kappa shape index (κ3) is 3.89. The van der Waals surface area contributed by atoms with Crippen LogP contribution >= 0.6 is 35.0 Å². The van der Waals surface area contributed by atoms with Crippen molar-refractivity contribution in [1.82, 2.24) is 0 Å². The smallest absolute Gasteiger partial charge is 0.258 e. The molecule has 0 atom stereocenters. The van der Waals surface area contributed by atoms with Crippen molar-refractivity contribution >= 4 is 40.7 Å². The standard InChI is InChI=1S/C9H9Cl2NO2S/c10-4-1-5-15-9-3-2-7(11)6-8(9)12(13)14/h2-3,6H,1,4-5H2. The summed E-state index contributed by atoms with van der Waals surface area (Å²) in [5.74, 6) is 1.33. The molecule has 1 rings (SSSR count). The van der Waals surface area contributed by atoms with Gasteiger partial charge in [0.15, 0.2) is 0 Å². The molecule has 0 aliphatic heterocycles. The number of alkyl halides is 1. The maximum absolute atomic E-state index is 10.7. The maximum atomic E-state index is 10.7. The molecule has 0 spiro atoms. The van der Waals surface area contributed by atoms with Crippen molar-refractivity contribution in [3.05, 3.63) is 33.3 Å². The van der Waals surface area contributed by atoms with E-state index in [4.69, 9.17) is 23.2 Å². The van der Waals surface area contributed by atoms with Crippen LogP contribution in [-0.2, 0) is 0 Å². The number of nitrogens with zero attached hydrogens (tertiary/aromatic N) is 1. The fourth-order valence-electron chi connectivity index (χ4n) is 0.992. The van der Waals surface area contributed by atoms with Crippen molar-refractivity contribution in [2.24, 2.45) is 0 Å². The molecule has 0 fully saturated rings. The van der Waals surface area contributed by atoms with Crippen molar-refractivity contribution in [3.8, 4) is 0 Å². The van der Waals surface area contributed by atoms with Crippen LogP contribution in [0.1, 0.15) is 6.42 Å². The summed E-state index contributed by atoms with van der Waals surface area (Å²) < 4.78 is 0. The highest BCUT2D eigenvalue weighted by molar-refractivity contribution is 7.99. The van der Waals surface area contributed by atoms with Gasteiger partial charge < -0.3 is 0 Å². The average molecular weight is 266 g/mol. The minimum absolute atomic E-state index is 0.0575. The van der Waals surface area contributed by atoms with Crippen LogP contribution in [-0.4, -0.2) is 16.6 Å². The van der Waals surface area contributed by atoms with E-state index in [1.807, 2.05) is 0 Å². The van der Waals surface area contributed by atoms with Gasteiger partial charge in [-0.05, 0) is 24.3 Å². The SMILES string of the molecule is O=[N+]([O-])c1cc(Cl)ccc1SCCCCl. The van der Waals surface area contributed by atoms with Gasteiger partial charge in [0.1, 0.15) is 0 Å². The number of hydrogen-bond acceptors (Lipinski definition) is 3. The Labute approximate surface area is 102 Å². The number of benzene rings is 1. The van der Waals surface area contributed by atoms with E-state index < -0.39 is 4.92 Å². The molecule has 1 aromatic carbocycles. The monoisotopic (exact) mass is 265 g/mol. The molecule has 0 saturated carbocycles. The van der Waals surface area contributed by atoms with Gasteiger partial charge in [-0.25, -0.2) is 0 Å². The Hall–Kier alpha value is -0.450. The summed E-state index contributed by atoms with van der Waals surface area (Å²) in [6.45, 7) is 0. The van der Waals surface area contributed by atoms with Crippen LogP contribution in [0, 0.1) is 10.1 Å². The minimum Gasteiger partial charge on any atom is -0.258 e. The third-order valence-electron chi connectivity index (χ3n) is 1.65.